The van der Waals surface area contributed by atoms with E-state index in [0.717, 1.165) is 33.9 Å². The number of rotatable bonds is 4. The molecular weight excluding hydrogens is 452 g/mol. The number of fused-ring (bicyclic) bond motifs is 1. The van der Waals surface area contributed by atoms with Crippen LogP contribution >= 0.6 is 11.3 Å². The van der Waals surface area contributed by atoms with Crippen LogP contribution in [0.3, 0.4) is 0 Å². The summed E-state index contributed by atoms with van der Waals surface area (Å²) in [7, 11) is 0. The number of hydrogen-bond donors (Lipinski definition) is 2. The van der Waals surface area contributed by atoms with Gasteiger partial charge >= 0.3 is 0 Å². The first-order valence-electron chi connectivity index (χ1n) is 11.8. The number of allylic oxidation sites excluding steroid dienone is 1. The summed E-state index contributed by atoms with van der Waals surface area (Å²) in [6, 6.07) is 29.1. The minimum atomic E-state index is -0.223. The van der Waals surface area contributed by atoms with E-state index in [1.54, 1.807) is 11.3 Å². The van der Waals surface area contributed by atoms with Gasteiger partial charge in [-0.3, -0.25) is 9.59 Å². The lowest BCUT2D eigenvalue weighted by atomic mass is 9.79. The van der Waals surface area contributed by atoms with Crippen molar-refractivity contribution in [3.63, 3.8) is 0 Å². The number of anilines is 2. The molecule has 0 radical (unpaired) electrons. The molecule has 2 N–H and O–H groups in total. The van der Waals surface area contributed by atoms with E-state index in [2.05, 4.69) is 28.8 Å². The molecule has 5 heteroatoms. The van der Waals surface area contributed by atoms with Gasteiger partial charge < -0.3 is 10.6 Å². The van der Waals surface area contributed by atoms with E-state index in [1.165, 1.54) is 5.56 Å². The van der Waals surface area contributed by atoms with Crippen LogP contribution in [0.15, 0.2) is 108 Å². The third kappa shape index (κ3) is 4.08. The highest BCUT2D eigenvalue weighted by molar-refractivity contribution is 7.10. The molecule has 0 saturated carbocycles. The third-order valence-corrected chi connectivity index (χ3v) is 7.74. The summed E-state index contributed by atoms with van der Waals surface area (Å²) in [4.78, 5) is 27.8. The molecule has 0 saturated heterocycles. The van der Waals surface area contributed by atoms with Gasteiger partial charge in [0.1, 0.15) is 0 Å². The van der Waals surface area contributed by atoms with Gasteiger partial charge in [0.25, 0.3) is 0 Å². The first-order chi connectivity index (χ1) is 17.2. The van der Waals surface area contributed by atoms with Crippen LogP contribution in [-0.4, -0.2) is 11.6 Å². The zero-order chi connectivity index (χ0) is 23.8. The van der Waals surface area contributed by atoms with Gasteiger partial charge in [-0.25, -0.2) is 0 Å². The highest BCUT2D eigenvalue weighted by Gasteiger charge is 2.36. The average Bonchev–Trinajstić information content (AvgIpc) is 3.38. The number of nitrogens with one attached hydrogen (secondary N) is 2. The van der Waals surface area contributed by atoms with Crippen LogP contribution in [0.4, 0.5) is 11.4 Å². The first kappa shape index (κ1) is 21.6. The molecular formula is C30H24N2O2S. The van der Waals surface area contributed by atoms with Crippen LogP contribution < -0.4 is 10.6 Å². The van der Waals surface area contributed by atoms with Crippen LogP contribution in [0.5, 0.6) is 0 Å². The Hall–Kier alpha value is -3.96. The minimum Gasteiger partial charge on any atom is -0.372 e. The van der Waals surface area contributed by atoms with Gasteiger partial charge in [0.2, 0.25) is 0 Å². The Bertz CT molecular complexity index is 1430. The Morgan fingerprint density at radius 1 is 0.800 bits per heavy atom. The second-order valence-electron chi connectivity index (χ2n) is 9.00. The summed E-state index contributed by atoms with van der Waals surface area (Å²) in [5, 5.41) is 9.23. The van der Waals surface area contributed by atoms with E-state index >= 15 is 0 Å². The zero-order valence-electron chi connectivity index (χ0n) is 19.0. The highest BCUT2D eigenvalue weighted by Crippen LogP contribution is 2.45. The number of hydrogen-bond acceptors (Lipinski definition) is 5. The van der Waals surface area contributed by atoms with E-state index < -0.39 is 0 Å². The van der Waals surface area contributed by atoms with Crippen molar-refractivity contribution >= 4 is 34.3 Å². The minimum absolute atomic E-state index is 0.0228. The van der Waals surface area contributed by atoms with Crippen LogP contribution in [0.25, 0.3) is 0 Å². The molecule has 2 heterocycles. The zero-order valence-corrected chi connectivity index (χ0v) is 19.8. The lowest BCUT2D eigenvalue weighted by Crippen LogP contribution is -2.26. The van der Waals surface area contributed by atoms with E-state index in [0.29, 0.717) is 17.5 Å². The van der Waals surface area contributed by atoms with Crippen LogP contribution in [0.1, 0.15) is 51.2 Å². The van der Waals surface area contributed by atoms with E-state index in [9.17, 15) is 9.59 Å². The van der Waals surface area contributed by atoms with E-state index in [4.69, 9.17) is 0 Å². The Morgan fingerprint density at radius 2 is 1.57 bits per heavy atom. The quantitative estimate of drug-likeness (QED) is 0.313. The monoisotopic (exact) mass is 476 g/mol. The summed E-state index contributed by atoms with van der Waals surface area (Å²) in [6.07, 6.45) is 1.23. The second-order valence-corrected chi connectivity index (χ2v) is 9.98. The van der Waals surface area contributed by atoms with Crippen molar-refractivity contribution in [3.8, 4) is 0 Å². The van der Waals surface area contributed by atoms with Crippen LogP contribution in [0.2, 0.25) is 0 Å². The van der Waals surface area contributed by atoms with Gasteiger partial charge in [-0.1, -0.05) is 66.7 Å². The number of thiophene rings is 1. The summed E-state index contributed by atoms with van der Waals surface area (Å²) in [5.74, 6) is 0.256. The standard InChI is InChI=1S/C30H24N2O2S/c33-26-18-22(19-8-3-1-4-9-19)17-25-28(26)29(27-12-7-15-35-27)32-23-14-13-21(16-24(23)31-25)30(34)20-10-5-2-6-11-20/h1-16,22,29,31-32H,17-18H2/t22-,29+/m1/s1. The third-order valence-electron chi connectivity index (χ3n) is 6.80. The molecule has 1 aliphatic heterocycles. The number of carbonyl (C=O) groups is 2. The van der Waals surface area contributed by atoms with Gasteiger partial charge in [-0.05, 0) is 47.5 Å². The van der Waals surface area contributed by atoms with Crippen molar-refractivity contribution < 1.29 is 9.59 Å². The topological polar surface area (TPSA) is 58.2 Å². The van der Waals surface area contributed by atoms with Gasteiger partial charge in [0.05, 0.1) is 17.4 Å². The van der Waals surface area contributed by atoms with Crippen LogP contribution in [-0.2, 0) is 4.79 Å². The predicted molar refractivity (Wildman–Crippen MR) is 141 cm³/mol. The van der Waals surface area contributed by atoms with Crippen molar-refractivity contribution in [3.05, 3.63) is 129 Å². The van der Waals surface area contributed by atoms with Gasteiger partial charge in [0, 0.05) is 33.7 Å². The lowest BCUT2D eigenvalue weighted by molar-refractivity contribution is -0.116. The Kier molecular flexibility index (Phi) is 5.55. The summed E-state index contributed by atoms with van der Waals surface area (Å²) in [5.41, 5.74) is 5.87. The normalized spacial score (nSPS) is 19.1. The first-order valence-corrected chi connectivity index (χ1v) is 12.7. The highest BCUT2D eigenvalue weighted by atomic mass is 32.1. The molecule has 35 heavy (non-hydrogen) atoms. The maximum absolute atomic E-state index is 13.6. The van der Waals surface area contributed by atoms with Crippen molar-refractivity contribution in [2.24, 2.45) is 0 Å². The summed E-state index contributed by atoms with van der Waals surface area (Å²) < 4.78 is 0. The van der Waals surface area contributed by atoms with E-state index in [-0.39, 0.29) is 23.5 Å². The maximum atomic E-state index is 13.6. The molecule has 2 aliphatic rings. The van der Waals surface area contributed by atoms with Crippen molar-refractivity contribution in [1.29, 1.82) is 0 Å². The molecule has 0 spiro atoms. The van der Waals surface area contributed by atoms with Gasteiger partial charge in [-0.15, -0.1) is 11.3 Å². The average molecular weight is 477 g/mol. The van der Waals surface area contributed by atoms with E-state index in [1.807, 2.05) is 78.2 Å². The molecule has 4 nitrogen and oxygen atoms in total. The smallest absolute Gasteiger partial charge is 0.193 e. The Morgan fingerprint density at radius 3 is 2.31 bits per heavy atom. The summed E-state index contributed by atoms with van der Waals surface area (Å²) in [6.45, 7) is 0. The fourth-order valence-corrected chi connectivity index (χ4v) is 5.86. The molecule has 4 aromatic rings. The SMILES string of the molecule is O=C1C[C@H](c2ccccc2)CC2=C1[C@H](c1cccs1)Nc1ccc(C(=O)c3ccccc3)cc1N2. The predicted octanol–water partition coefficient (Wildman–Crippen LogP) is 6.96. The molecule has 3 aromatic carbocycles. The van der Waals surface area contributed by atoms with Crippen molar-refractivity contribution in [2.75, 3.05) is 10.6 Å². The molecule has 6 rings (SSSR count). The maximum Gasteiger partial charge on any atom is 0.193 e. The van der Waals surface area contributed by atoms with Crippen molar-refractivity contribution in [1.82, 2.24) is 0 Å². The number of Topliss-reactive ketones (excluding diaryl/α,β-unsaturated/α-hetero) is 1. The summed E-state index contributed by atoms with van der Waals surface area (Å²) >= 11 is 1.64. The molecule has 172 valence electrons. The molecule has 0 bridgehead atoms. The Balaban J connectivity index is 1.42. The fraction of sp³-hybridized carbons (Fsp3) is 0.133. The molecule has 1 aliphatic carbocycles. The largest absolute Gasteiger partial charge is 0.372 e. The molecule has 0 unspecified atom stereocenters. The molecule has 0 amide bonds. The number of benzene rings is 3. The van der Waals surface area contributed by atoms with Gasteiger partial charge in [0.15, 0.2) is 11.6 Å². The number of ketones is 2. The van der Waals surface area contributed by atoms with Crippen molar-refractivity contribution in [2.45, 2.75) is 24.8 Å². The molecule has 1 aromatic heterocycles. The molecule has 0 fully saturated rings. The number of carbonyl (C=O) groups excluding carboxylic acids is 2. The lowest BCUT2D eigenvalue weighted by Gasteiger charge is -2.29. The van der Waals surface area contributed by atoms with Gasteiger partial charge in [-0.2, -0.15) is 0 Å². The van der Waals surface area contributed by atoms with Crippen LogP contribution in [0, 0.1) is 0 Å². The fourth-order valence-electron chi connectivity index (χ4n) is 5.08. The Labute approximate surface area is 208 Å². The molecule has 2 atom stereocenters. The second kappa shape index (κ2) is 9.01.